The molecule has 0 bridgehead atoms. The molecule has 0 aromatic heterocycles. The fraction of sp³-hybridized carbons (Fsp3) is 0.857. The molecule has 1 aliphatic rings. The molecule has 0 saturated heterocycles. The van der Waals surface area contributed by atoms with Crippen LogP contribution in [0.1, 0.15) is 26.2 Å². The molecule has 3 heteroatoms. The van der Waals surface area contributed by atoms with Crippen LogP contribution in [0.4, 0.5) is 4.79 Å². The van der Waals surface area contributed by atoms with Gasteiger partial charge < -0.3 is 4.90 Å². The minimum Gasteiger partial charge on any atom is -0.302 e. The molecule has 10 heavy (non-hydrogen) atoms. The van der Waals surface area contributed by atoms with Gasteiger partial charge in [0.2, 0.25) is 0 Å². The zero-order valence-electron chi connectivity index (χ0n) is 6.17. The smallest absolute Gasteiger partial charge is 0.302 e. The fourth-order valence-electron chi connectivity index (χ4n) is 1.23. The van der Waals surface area contributed by atoms with Gasteiger partial charge in [-0.05, 0) is 26.2 Å². The van der Waals surface area contributed by atoms with Crippen LogP contribution in [0, 0.1) is 0 Å². The lowest BCUT2D eigenvalue weighted by atomic mass is 9.92. The SMILES string of the molecule is CCN(C([O])=O)C1CCC1. The summed E-state index contributed by atoms with van der Waals surface area (Å²) in [6.07, 6.45) is 2.17. The lowest BCUT2D eigenvalue weighted by molar-refractivity contribution is 0.0814. The normalized spacial score (nSPS) is 18.1. The summed E-state index contributed by atoms with van der Waals surface area (Å²) in [7, 11) is 0. The average molecular weight is 142 g/mol. The number of amides is 1. The maximum atomic E-state index is 10.4. The lowest BCUT2D eigenvalue weighted by Gasteiger charge is -2.33. The van der Waals surface area contributed by atoms with E-state index in [0.29, 0.717) is 6.54 Å². The summed E-state index contributed by atoms with van der Waals surface area (Å²) < 4.78 is 0. The van der Waals surface area contributed by atoms with Crippen LogP contribution in [0.5, 0.6) is 0 Å². The Labute approximate surface area is 60.6 Å². The van der Waals surface area contributed by atoms with Gasteiger partial charge in [-0.25, -0.2) is 9.90 Å². The number of hydrogen-bond acceptors (Lipinski definition) is 1. The van der Waals surface area contributed by atoms with Crippen LogP contribution in [-0.2, 0) is 5.11 Å². The van der Waals surface area contributed by atoms with Crippen molar-refractivity contribution < 1.29 is 9.90 Å². The third-order valence-corrected chi connectivity index (χ3v) is 2.09. The first-order valence-corrected chi connectivity index (χ1v) is 3.73. The van der Waals surface area contributed by atoms with E-state index < -0.39 is 6.09 Å². The van der Waals surface area contributed by atoms with Gasteiger partial charge in [0.1, 0.15) is 0 Å². The predicted molar refractivity (Wildman–Crippen MR) is 36.1 cm³/mol. The topological polar surface area (TPSA) is 40.2 Å². The van der Waals surface area contributed by atoms with Crippen molar-refractivity contribution in [1.29, 1.82) is 0 Å². The predicted octanol–water partition coefficient (Wildman–Crippen LogP) is 1.41. The summed E-state index contributed by atoms with van der Waals surface area (Å²) >= 11 is 0. The summed E-state index contributed by atoms with van der Waals surface area (Å²) in [5, 5.41) is 10.4. The van der Waals surface area contributed by atoms with Gasteiger partial charge in [0.25, 0.3) is 0 Å². The van der Waals surface area contributed by atoms with Crippen molar-refractivity contribution in [2.75, 3.05) is 6.54 Å². The molecule has 1 fully saturated rings. The molecule has 1 amide bonds. The summed E-state index contributed by atoms with van der Waals surface area (Å²) in [6.45, 7) is 2.40. The second-order valence-corrected chi connectivity index (χ2v) is 2.64. The van der Waals surface area contributed by atoms with Crippen LogP contribution in [0.2, 0.25) is 0 Å². The molecule has 0 aromatic carbocycles. The quantitative estimate of drug-likeness (QED) is 0.574. The van der Waals surface area contributed by atoms with Gasteiger partial charge in [0.15, 0.2) is 0 Å². The Morgan fingerprint density at radius 1 is 1.60 bits per heavy atom. The highest BCUT2D eigenvalue weighted by Crippen LogP contribution is 2.24. The van der Waals surface area contributed by atoms with Crippen molar-refractivity contribution in [2.24, 2.45) is 0 Å². The Morgan fingerprint density at radius 3 is 2.30 bits per heavy atom. The molecule has 3 nitrogen and oxygen atoms in total. The largest absolute Gasteiger partial charge is 0.453 e. The van der Waals surface area contributed by atoms with Gasteiger partial charge in [0.05, 0.1) is 0 Å². The molecule has 1 radical (unpaired) electrons. The van der Waals surface area contributed by atoms with Crippen molar-refractivity contribution in [2.45, 2.75) is 32.2 Å². The highest BCUT2D eigenvalue weighted by Gasteiger charge is 2.27. The fourth-order valence-corrected chi connectivity index (χ4v) is 1.23. The Bertz CT molecular complexity index is 132. The van der Waals surface area contributed by atoms with Crippen LogP contribution in [-0.4, -0.2) is 23.6 Å². The van der Waals surface area contributed by atoms with E-state index in [9.17, 15) is 9.90 Å². The first-order valence-electron chi connectivity index (χ1n) is 3.73. The van der Waals surface area contributed by atoms with E-state index in [1.54, 1.807) is 0 Å². The van der Waals surface area contributed by atoms with Gasteiger partial charge in [-0.15, -0.1) is 0 Å². The van der Waals surface area contributed by atoms with Gasteiger partial charge in [-0.3, -0.25) is 0 Å². The molecule has 0 aromatic rings. The van der Waals surface area contributed by atoms with E-state index in [1.165, 1.54) is 4.90 Å². The van der Waals surface area contributed by atoms with Gasteiger partial charge >= 0.3 is 6.09 Å². The van der Waals surface area contributed by atoms with Gasteiger partial charge in [-0.2, -0.15) is 0 Å². The summed E-state index contributed by atoms with van der Waals surface area (Å²) in [5.74, 6) is 0. The summed E-state index contributed by atoms with van der Waals surface area (Å²) in [4.78, 5) is 11.8. The number of nitrogens with zero attached hydrogens (tertiary/aromatic N) is 1. The van der Waals surface area contributed by atoms with Crippen LogP contribution >= 0.6 is 0 Å². The van der Waals surface area contributed by atoms with Crippen molar-refractivity contribution >= 4 is 6.09 Å². The van der Waals surface area contributed by atoms with E-state index >= 15 is 0 Å². The third-order valence-electron chi connectivity index (χ3n) is 2.09. The third kappa shape index (κ3) is 1.23. The molecule has 0 unspecified atom stereocenters. The van der Waals surface area contributed by atoms with E-state index in [-0.39, 0.29) is 6.04 Å². The molecular formula is C7H12NO2. The molecule has 0 spiro atoms. The van der Waals surface area contributed by atoms with Crippen molar-refractivity contribution in [3.63, 3.8) is 0 Å². The Kier molecular flexibility index (Phi) is 2.14. The molecular weight excluding hydrogens is 130 g/mol. The zero-order valence-corrected chi connectivity index (χ0v) is 6.17. The van der Waals surface area contributed by atoms with Crippen LogP contribution < -0.4 is 0 Å². The van der Waals surface area contributed by atoms with Crippen LogP contribution in [0.3, 0.4) is 0 Å². The van der Waals surface area contributed by atoms with Crippen molar-refractivity contribution in [3.8, 4) is 0 Å². The number of carbonyl (C=O) groups excluding carboxylic acids is 1. The Morgan fingerprint density at radius 2 is 2.20 bits per heavy atom. The molecule has 1 aliphatic carbocycles. The first-order chi connectivity index (χ1) is 4.75. The molecule has 0 N–H and O–H groups in total. The van der Waals surface area contributed by atoms with Crippen molar-refractivity contribution in [1.82, 2.24) is 4.90 Å². The van der Waals surface area contributed by atoms with Crippen molar-refractivity contribution in [3.05, 3.63) is 0 Å². The highest BCUT2D eigenvalue weighted by atomic mass is 16.4. The molecule has 0 heterocycles. The van der Waals surface area contributed by atoms with Gasteiger partial charge in [0, 0.05) is 12.6 Å². The lowest BCUT2D eigenvalue weighted by Crippen LogP contribution is -2.42. The van der Waals surface area contributed by atoms with Gasteiger partial charge in [-0.1, -0.05) is 0 Å². The maximum absolute atomic E-state index is 10.4. The van der Waals surface area contributed by atoms with Crippen LogP contribution in [0.25, 0.3) is 0 Å². The summed E-state index contributed by atoms with van der Waals surface area (Å²) in [6, 6.07) is 0.259. The monoisotopic (exact) mass is 142 g/mol. The molecule has 0 atom stereocenters. The van der Waals surface area contributed by atoms with E-state index in [4.69, 9.17) is 0 Å². The minimum atomic E-state index is -1.02. The zero-order chi connectivity index (χ0) is 7.56. The standard InChI is InChI=1S/C7H12NO2/c1-2-8(7(9)10)6-4-3-5-6/h6H,2-5H2,1H3. The number of carbonyl (C=O) groups is 1. The second-order valence-electron chi connectivity index (χ2n) is 2.64. The molecule has 57 valence electrons. The van der Waals surface area contributed by atoms with E-state index in [0.717, 1.165) is 19.3 Å². The first kappa shape index (κ1) is 7.38. The molecule has 1 rings (SSSR count). The second kappa shape index (κ2) is 2.90. The number of hydrogen-bond donors (Lipinski definition) is 0. The van der Waals surface area contributed by atoms with E-state index in [2.05, 4.69) is 0 Å². The minimum absolute atomic E-state index is 0.259. The summed E-state index contributed by atoms with van der Waals surface area (Å²) in [5.41, 5.74) is 0. The molecule has 1 saturated carbocycles. The average Bonchev–Trinajstić information content (AvgIpc) is 1.76. The van der Waals surface area contributed by atoms with E-state index in [1.807, 2.05) is 6.92 Å². The highest BCUT2D eigenvalue weighted by molar-refractivity contribution is 5.65. The maximum Gasteiger partial charge on any atom is 0.453 e. The van der Waals surface area contributed by atoms with Crippen LogP contribution in [0.15, 0.2) is 0 Å². The molecule has 0 aliphatic heterocycles. The Balaban J connectivity index is 2.39. The Hall–Kier alpha value is -0.730. The number of rotatable bonds is 2.